The summed E-state index contributed by atoms with van der Waals surface area (Å²) in [7, 11) is 0. The van der Waals surface area contributed by atoms with E-state index in [2.05, 4.69) is 16.1 Å². The van der Waals surface area contributed by atoms with Gasteiger partial charge in [-0.3, -0.25) is 0 Å². The molecular formula is C15H14N6. The first-order valence-corrected chi connectivity index (χ1v) is 6.13. The summed E-state index contributed by atoms with van der Waals surface area (Å²) < 4.78 is 0. The van der Waals surface area contributed by atoms with Gasteiger partial charge in [0.2, 0.25) is 5.96 Å². The normalized spacial score (nSPS) is 10.7. The highest BCUT2D eigenvalue weighted by atomic mass is 15.1. The summed E-state index contributed by atoms with van der Waals surface area (Å²) in [6.07, 6.45) is 0. The number of guanidine groups is 2. The van der Waals surface area contributed by atoms with Gasteiger partial charge in [0.25, 0.3) is 0 Å². The first kappa shape index (κ1) is 14.1. The molecule has 6 N–H and O–H groups in total. The third-order valence-corrected chi connectivity index (χ3v) is 2.71. The van der Waals surface area contributed by atoms with E-state index in [-0.39, 0.29) is 11.9 Å². The lowest BCUT2D eigenvalue weighted by Gasteiger charge is -2.06. The minimum absolute atomic E-state index is 0.0175. The molecule has 6 nitrogen and oxygen atoms in total. The number of benzene rings is 2. The monoisotopic (exact) mass is 278 g/mol. The van der Waals surface area contributed by atoms with Crippen LogP contribution in [0.4, 0.5) is 5.69 Å². The number of hydrogen-bond donors (Lipinski definition) is 3. The quantitative estimate of drug-likeness (QED) is 0.567. The Morgan fingerprint density at radius 2 is 1.62 bits per heavy atom. The molecule has 0 aromatic heterocycles. The van der Waals surface area contributed by atoms with Crippen LogP contribution in [0.2, 0.25) is 0 Å². The lowest BCUT2D eigenvalue weighted by Crippen LogP contribution is -2.26. The summed E-state index contributed by atoms with van der Waals surface area (Å²) in [4.78, 5) is 7.89. The van der Waals surface area contributed by atoms with Gasteiger partial charge in [-0.15, -0.1) is 0 Å². The van der Waals surface area contributed by atoms with Gasteiger partial charge >= 0.3 is 0 Å². The Labute approximate surface area is 122 Å². The third-order valence-electron chi connectivity index (χ3n) is 2.71. The molecule has 0 aliphatic carbocycles. The van der Waals surface area contributed by atoms with E-state index in [0.29, 0.717) is 11.3 Å². The van der Waals surface area contributed by atoms with Crippen LogP contribution in [0.3, 0.4) is 0 Å². The van der Waals surface area contributed by atoms with E-state index < -0.39 is 0 Å². The van der Waals surface area contributed by atoms with Gasteiger partial charge in [0.1, 0.15) is 0 Å². The zero-order valence-corrected chi connectivity index (χ0v) is 11.2. The molecule has 0 bridgehead atoms. The fourth-order valence-corrected chi connectivity index (χ4v) is 1.82. The third kappa shape index (κ3) is 3.58. The molecule has 6 heteroatoms. The molecule has 0 fully saturated rings. The Kier molecular flexibility index (Phi) is 4.17. The van der Waals surface area contributed by atoms with Crippen molar-refractivity contribution in [2.45, 2.75) is 0 Å². The van der Waals surface area contributed by atoms with Crippen molar-refractivity contribution in [3.05, 3.63) is 54.1 Å². The van der Waals surface area contributed by atoms with Crippen LogP contribution >= 0.6 is 0 Å². The minimum Gasteiger partial charge on any atom is -0.370 e. The van der Waals surface area contributed by atoms with Crippen LogP contribution in [-0.4, -0.2) is 11.9 Å². The predicted molar refractivity (Wildman–Crippen MR) is 83.7 cm³/mol. The van der Waals surface area contributed by atoms with E-state index in [9.17, 15) is 0 Å². The van der Waals surface area contributed by atoms with Crippen molar-refractivity contribution in [3.8, 4) is 17.2 Å². The van der Waals surface area contributed by atoms with Crippen LogP contribution in [0, 0.1) is 11.3 Å². The number of nitriles is 1. The molecule has 104 valence electrons. The van der Waals surface area contributed by atoms with E-state index in [1.54, 1.807) is 12.1 Å². The highest BCUT2D eigenvalue weighted by molar-refractivity contribution is 5.94. The van der Waals surface area contributed by atoms with Gasteiger partial charge in [0.05, 0.1) is 17.3 Å². The summed E-state index contributed by atoms with van der Waals surface area (Å²) >= 11 is 0. The molecule has 0 radical (unpaired) electrons. The average molecular weight is 278 g/mol. The maximum absolute atomic E-state index is 8.83. The van der Waals surface area contributed by atoms with E-state index in [4.69, 9.17) is 22.5 Å². The largest absolute Gasteiger partial charge is 0.370 e. The number of nitrogens with two attached hydrogens (primary N) is 3. The average Bonchev–Trinajstić information content (AvgIpc) is 2.47. The Morgan fingerprint density at radius 3 is 2.24 bits per heavy atom. The van der Waals surface area contributed by atoms with Crippen molar-refractivity contribution < 1.29 is 0 Å². The van der Waals surface area contributed by atoms with Crippen LogP contribution in [0.25, 0.3) is 11.1 Å². The van der Waals surface area contributed by atoms with Gasteiger partial charge in [-0.25, -0.2) is 4.99 Å². The smallest absolute Gasteiger partial charge is 0.223 e. The lowest BCUT2D eigenvalue weighted by molar-refractivity contribution is 1.38. The molecule has 21 heavy (non-hydrogen) atoms. The number of aliphatic imine (C=N–C) groups is 2. The summed E-state index contributed by atoms with van der Waals surface area (Å²) in [5.74, 6) is -0.164. The van der Waals surface area contributed by atoms with E-state index in [0.717, 1.165) is 11.1 Å². The Hall–Kier alpha value is -3.33. The molecule has 2 aromatic rings. The fourth-order valence-electron chi connectivity index (χ4n) is 1.82. The second-order valence-corrected chi connectivity index (χ2v) is 4.21. The van der Waals surface area contributed by atoms with Gasteiger partial charge < -0.3 is 17.2 Å². The zero-order chi connectivity index (χ0) is 15.2. The predicted octanol–water partition coefficient (Wildman–Crippen LogP) is 1.44. The molecule has 0 unspecified atom stereocenters. The van der Waals surface area contributed by atoms with Crippen molar-refractivity contribution in [1.82, 2.24) is 0 Å². The van der Waals surface area contributed by atoms with E-state index >= 15 is 0 Å². The van der Waals surface area contributed by atoms with Crippen molar-refractivity contribution in [1.29, 1.82) is 5.26 Å². The Balaban J connectivity index is 2.46. The summed E-state index contributed by atoms with van der Waals surface area (Å²) in [5, 5.41) is 8.83. The first-order chi connectivity index (χ1) is 10.1. The van der Waals surface area contributed by atoms with Crippen LogP contribution < -0.4 is 17.2 Å². The topological polar surface area (TPSA) is 127 Å². The zero-order valence-electron chi connectivity index (χ0n) is 11.2. The van der Waals surface area contributed by atoms with Gasteiger partial charge in [-0.1, -0.05) is 30.3 Å². The van der Waals surface area contributed by atoms with Crippen molar-refractivity contribution in [3.63, 3.8) is 0 Å². The summed E-state index contributed by atoms with van der Waals surface area (Å²) in [5.41, 5.74) is 19.2. The molecule has 0 saturated heterocycles. The minimum atomic E-state index is -0.146. The van der Waals surface area contributed by atoms with Gasteiger partial charge in [-0.05, 0) is 23.8 Å². The molecule has 2 aromatic carbocycles. The van der Waals surface area contributed by atoms with E-state index in [1.165, 1.54) is 0 Å². The highest BCUT2D eigenvalue weighted by Crippen LogP contribution is 2.30. The highest BCUT2D eigenvalue weighted by Gasteiger charge is 2.04. The fraction of sp³-hybridized carbons (Fsp3) is 0. The Morgan fingerprint density at radius 1 is 0.952 bits per heavy atom. The summed E-state index contributed by atoms with van der Waals surface area (Å²) in [6, 6.07) is 16.7. The molecule has 0 aliphatic heterocycles. The van der Waals surface area contributed by atoms with Crippen molar-refractivity contribution in [2.75, 3.05) is 0 Å². The second kappa shape index (κ2) is 6.21. The van der Waals surface area contributed by atoms with Crippen LogP contribution in [0.15, 0.2) is 58.5 Å². The molecule has 0 amide bonds. The summed E-state index contributed by atoms with van der Waals surface area (Å²) in [6.45, 7) is 0. The van der Waals surface area contributed by atoms with Gasteiger partial charge in [0.15, 0.2) is 5.96 Å². The maximum Gasteiger partial charge on any atom is 0.223 e. The number of rotatable bonds is 2. The van der Waals surface area contributed by atoms with Crippen molar-refractivity contribution >= 4 is 17.6 Å². The van der Waals surface area contributed by atoms with Crippen molar-refractivity contribution in [2.24, 2.45) is 27.2 Å². The molecule has 0 saturated carbocycles. The number of hydrogen-bond acceptors (Lipinski definition) is 2. The van der Waals surface area contributed by atoms with Crippen LogP contribution in [0.1, 0.15) is 5.56 Å². The standard InChI is InChI=1S/C15H14N6/c16-9-10-5-7-11(8-6-10)12-3-1-2-4-13(12)20-15(19)21-14(17)18/h1-8H,(H6,17,18,19,20,21). The SMILES string of the molecule is N#Cc1ccc(-c2ccccc2N=C(N)N=C(N)N)cc1. The maximum atomic E-state index is 8.83. The molecule has 0 spiro atoms. The molecule has 0 atom stereocenters. The van der Waals surface area contributed by atoms with E-state index in [1.807, 2.05) is 36.4 Å². The van der Waals surface area contributed by atoms with Gasteiger partial charge in [0, 0.05) is 5.56 Å². The molecule has 0 heterocycles. The molecular weight excluding hydrogens is 264 g/mol. The first-order valence-electron chi connectivity index (χ1n) is 6.13. The molecule has 0 aliphatic rings. The Bertz CT molecular complexity index is 734. The lowest BCUT2D eigenvalue weighted by atomic mass is 10.0. The van der Waals surface area contributed by atoms with Gasteiger partial charge in [-0.2, -0.15) is 10.3 Å². The molecule has 2 rings (SSSR count). The van der Waals surface area contributed by atoms with Crippen LogP contribution in [0.5, 0.6) is 0 Å². The van der Waals surface area contributed by atoms with Crippen LogP contribution in [-0.2, 0) is 0 Å². The second-order valence-electron chi connectivity index (χ2n) is 4.21. The number of nitrogens with zero attached hydrogens (tertiary/aromatic N) is 3. The number of para-hydroxylation sites is 1.